The third-order valence-corrected chi connectivity index (χ3v) is 2.28. The van der Waals surface area contributed by atoms with E-state index in [4.69, 9.17) is 0 Å². The minimum absolute atomic E-state index is 0.0480. The number of imide groups is 1. The second-order valence-electron chi connectivity index (χ2n) is 4.49. The predicted molar refractivity (Wildman–Crippen MR) is 71.3 cm³/mol. The summed E-state index contributed by atoms with van der Waals surface area (Å²) in [5.41, 5.74) is 0.605. The van der Waals surface area contributed by atoms with Crippen LogP contribution in [0.1, 0.15) is 20.8 Å². The SMILES string of the molecule is CC(C)NC(=O)NC(=O)[C@H](C)Nc1ccc(F)cc1. The molecule has 0 radical (unpaired) electrons. The number of anilines is 1. The lowest BCUT2D eigenvalue weighted by atomic mass is 10.2. The molecule has 3 N–H and O–H groups in total. The Bertz CT molecular complexity index is 446. The van der Waals surface area contributed by atoms with Gasteiger partial charge >= 0.3 is 6.03 Å². The van der Waals surface area contributed by atoms with Gasteiger partial charge in [-0.2, -0.15) is 0 Å². The summed E-state index contributed by atoms with van der Waals surface area (Å²) in [6.45, 7) is 5.20. The minimum Gasteiger partial charge on any atom is -0.374 e. The smallest absolute Gasteiger partial charge is 0.321 e. The molecule has 5 nitrogen and oxygen atoms in total. The van der Waals surface area contributed by atoms with Crippen molar-refractivity contribution in [2.24, 2.45) is 0 Å². The van der Waals surface area contributed by atoms with Gasteiger partial charge in [-0.25, -0.2) is 9.18 Å². The summed E-state index contributed by atoms with van der Waals surface area (Å²) in [4.78, 5) is 23.0. The maximum atomic E-state index is 12.7. The molecule has 0 aromatic heterocycles. The fourth-order valence-corrected chi connectivity index (χ4v) is 1.38. The molecule has 1 aromatic rings. The zero-order chi connectivity index (χ0) is 14.4. The number of hydrogen-bond donors (Lipinski definition) is 3. The molecule has 0 aliphatic heterocycles. The van der Waals surface area contributed by atoms with Crippen LogP contribution >= 0.6 is 0 Å². The lowest BCUT2D eigenvalue weighted by Crippen LogP contribution is -2.47. The van der Waals surface area contributed by atoms with E-state index >= 15 is 0 Å². The van der Waals surface area contributed by atoms with Crippen molar-refractivity contribution in [3.63, 3.8) is 0 Å². The molecule has 0 fully saturated rings. The molecule has 104 valence electrons. The van der Waals surface area contributed by atoms with Crippen LogP contribution in [0.3, 0.4) is 0 Å². The maximum absolute atomic E-state index is 12.7. The van der Waals surface area contributed by atoms with Gasteiger partial charge < -0.3 is 10.6 Å². The summed E-state index contributed by atoms with van der Waals surface area (Å²) in [5, 5.41) is 7.64. The Balaban J connectivity index is 2.48. The van der Waals surface area contributed by atoms with Crippen LogP contribution in [0.5, 0.6) is 0 Å². The van der Waals surface area contributed by atoms with Crippen LogP contribution in [0.4, 0.5) is 14.9 Å². The Hall–Kier alpha value is -2.11. The molecule has 0 aliphatic rings. The van der Waals surface area contributed by atoms with Crippen molar-refractivity contribution >= 4 is 17.6 Å². The molecular formula is C13H18FN3O2. The Kier molecular flexibility index (Phi) is 5.29. The van der Waals surface area contributed by atoms with E-state index in [1.807, 2.05) is 0 Å². The van der Waals surface area contributed by atoms with Gasteiger partial charge in [-0.05, 0) is 45.0 Å². The first-order valence-corrected chi connectivity index (χ1v) is 6.02. The average molecular weight is 267 g/mol. The monoisotopic (exact) mass is 267 g/mol. The fourth-order valence-electron chi connectivity index (χ4n) is 1.38. The first-order valence-electron chi connectivity index (χ1n) is 6.02. The van der Waals surface area contributed by atoms with Gasteiger partial charge in [-0.1, -0.05) is 0 Å². The highest BCUT2D eigenvalue weighted by atomic mass is 19.1. The highest BCUT2D eigenvalue weighted by molar-refractivity contribution is 5.98. The molecule has 19 heavy (non-hydrogen) atoms. The molecule has 0 spiro atoms. The molecule has 6 heteroatoms. The number of benzene rings is 1. The van der Waals surface area contributed by atoms with E-state index in [9.17, 15) is 14.0 Å². The molecule has 0 aliphatic carbocycles. The molecule has 0 saturated carbocycles. The third-order valence-electron chi connectivity index (χ3n) is 2.28. The first-order chi connectivity index (χ1) is 8.88. The predicted octanol–water partition coefficient (Wildman–Crippen LogP) is 1.86. The summed E-state index contributed by atoms with van der Waals surface area (Å²) in [7, 11) is 0. The standard InChI is InChI=1S/C13H18FN3O2/c1-8(2)15-13(19)17-12(18)9(3)16-11-6-4-10(14)5-7-11/h4-9,16H,1-3H3,(H2,15,17,18,19)/t9-/m0/s1. The van der Waals surface area contributed by atoms with Gasteiger partial charge in [0.2, 0.25) is 5.91 Å². The second-order valence-corrected chi connectivity index (χ2v) is 4.49. The number of nitrogens with one attached hydrogen (secondary N) is 3. The maximum Gasteiger partial charge on any atom is 0.321 e. The van der Waals surface area contributed by atoms with Gasteiger partial charge in [0.1, 0.15) is 11.9 Å². The van der Waals surface area contributed by atoms with Crippen LogP contribution in [-0.4, -0.2) is 24.0 Å². The Morgan fingerprint density at radius 3 is 2.21 bits per heavy atom. The van der Waals surface area contributed by atoms with E-state index < -0.39 is 18.0 Å². The summed E-state index contributed by atoms with van der Waals surface area (Å²) in [5.74, 6) is -0.804. The molecule has 0 heterocycles. The molecule has 3 amide bonds. The quantitative estimate of drug-likeness (QED) is 0.780. The van der Waals surface area contributed by atoms with Crippen LogP contribution in [0, 0.1) is 5.82 Å². The van der Waals surface area contributed by atoms with Crippen molar-refractivity contribution in [1.82, 2.24) is 10.6 Å². The van der Waals surface area contributed by atoms with Crippen LogP contribution in [0.25, 0.3) is 0 Å². The summed E-state index contributed by atoms with van der Waals surface area (Å²) >= 11 is 0. The van der Waals surface area contributed by atoms with E-state index in [1.165, 1.54) is 24.3 Å². The lowest BCUT2D eigenvalue weighted by molar-refractivity contribution is -0.120. The molecule has 1 atom stereocenters. The fraction of sp³-hybridized carbons (Fsp3) is 0.385. The molecular weight excluding hydrogens is 249 g/mol. The van der Waals surface area contributed by atoms with Gasteiger partial charge in [-0.15, -0.1) is 0 Å². The zero-order valence-corrected chi connectivity index (χ0v) is 11.2. The third kappa shape index (κ3) is 5.37. The topological polar surface area (TPSA) is 70.2 Å². The van der Waals surface area contributed by atoms with Crippen molar-refractivity contribution in [3.8, 4) is 0 Å². The van der Waals surface area contributed by atoms with E-state index in [-0.39, 0.29) is 11.9 Å². The number of hydrogen-bond acceptors (Lipinski definition) is 3. The number of halogens is 1. The number of amides is 3. The van der Waals surface area contributed by atoms with E-state index in [0.717, 1.165) is 0 Å². The van der Waals surface area contributed by atoms with Crippen molar-refractivity contribution in [2.45, 2.75) is 32.9 Å². The highest BCUT2D eigenvalue weighted by Gasteiger charge is 2.15. The van der Waals surface area contributed by atoms with Crippen LogP contribution in [0.15, 0.2) is 24.3 Å². The summed E-state index contributed by atoms with van der Waals surface area (Å²) in [6, 6.07) is 4.43. The number of carbonyl (C=O) groups is 2. The second kappa shape index (κ2) is 6.72. The van der Waals surface area contributed by atoms with Crippen LogP contribution in [0.2, 0.25) is 0 Å². The van der Waals surface area contributed by atoms with E-state index in [1.54, 1.807) is 20.8 Å². The molecule has 1 aromatic carbocycles. The highest BCUT2D eigenvalue weighted by Crippen LogP contribution is 2.09. The zero-order valence-electron chi connectivity index (χ0n) is 11.2. The van der Waals surface area contributed by atoms with E-state index in [0.29, 0.717) is 5.69 Å². The molecule has 0 unspecified atom stereocenters. The average Bonchev–Trinajstić information content (AvgIpc) is 2.30. The summed E-state index contributed by atoms with van der Waals surface area (Å²) < 4.78 is 12.7. The van der Waals surface area contributed by atoms with Gasteiger partial charge in [0.15, 0.2) is 0 Å². The molecule has 1 rings (SSSR count). The van der Waals surface area contributed by atoms with Crippen molar-refractivity contribution < 1.29 is 14.0 Å². The van der Waals surface area contributed by atoms with Gasteiger partial charge in [-0.3, -0.25) is 10.1 Å². The Morgan fingerprint density at radius 2 is 1.68 bits per heavy atom. The van der Waals surface area contributed by atoms with Gasteiger partial charge in [0.25, 0.3) is 0 Å². The Morgan fingerprint density at radius 1 is 1.11 bits per heavy atom. The van der Waals surface area contributed by atoms with Crippen LogP contribution in [-0.2, 0) is 4.79 Å². The first kappa shape index (κ1) is 14.9. The number of urea groups is 1. The lowest BCUT2D eigenvalue weighted by Gasteiger charge is -2.15. The minimum atomic E-state index is -0.608. The molecule has 0 bridgehead atoms. The largest absolute Gasteiger partial charge is 0.374 e. The molecule has 0 saturated heterocycles. The van der Waals surface area contributed by atoms with Crippen LogP contribution < -0.4 is 16.0 Å². The Labute approximate surface area is 111 Å². The van der Waals surface area contributed by atoms with Crippen molar-refractivity contribution in [3.05, 3.63) is 30.1 Å². The number of rotatable bonds is 4. The summed E-state index contributed by atoms with van der Waals surface area (Å²) in [6.07, 6.45) is 0. The normalized spacial score (nSPS) is 11.8. The van der Waals surface area contributed by atoms with Crippen molar-refractivity contribution in [1.29, 1.82) is 0 Å². The van der Waals surface area contributed by atoms with Gasteiger partial charge in [0.05, 0.1) is 0 Å². The van der Waals surface area contributed by atoms with E-state index in [2.05, 4.69) is 16.0 Å². The van der Waals surface area contributed by atoms with Crippen molar-refractivity contribution in [2.75, 3.05) is 5.32 Å². The number of carbonyl (C=O) groups excluding carboxylic acids is 2. The van der Waals surface area contributed by atoms with Gasteiger partial charge in [0, 0.05) is 11.7 Å².